The fourth-order valence-electron chi connectivity index (χ4n) is 3.39. The van der Waals surface area contributed by atoms with Gasteiger partial charge in [-0.1, -0.05) is 43.6 Å². The number of carbonyl (C=O) groups excluding carboxylic acids is 1. The second-order valence-corrected chi connectivity index (χ2v) is 8.29. The summed E-state index contributed by atoms with van der Waals surface area (Å²) in [7, 11) is 0. The third kappa shape index (κ3) is 5.09. The number of halogens is 2. The normalized spacial score (nSPS) is 11.1. The summed E-state index contributed by atoms with van der Waals surface area (Å²) in [5, 5.41) is 4.02. The first-order valence-corrected chi connectivity index (χ1v) is 10.9. The molecular weight excluding hydrogens is 443 g/mol. The molecule has 0 aliphatic carbocycles. The molecular formula is C25H22ClFN4O2. The van der Waals surface area contributed by atoms with Gasteiger partial charge >= 0.3 is 5.97 Å². The Morgan fingerprint density at radius 3 is 2.76 bits per heavy atom. The molecule has 8 heteroatoms. The van der Waals surface area contributed by atoms with Gasteiger partial charge in [-0.25, -0.2) is 14.4 Å². The van der Waals surface area contributed by atoms with Crippen molar-refractivity contribution in [3.8, 4) is 22.4 Å². The van der Waals surface area contributed by atoms with Crippen LogP contribution < -0.4 is 5.32 Å². The highest BCUT2D eigenvalue weighted by Gasteiger charge is 2.17. The van der Waals surface area contributed by atoms with Crippen molar-refractivity contribution in [2.45, 2.75) is 13.8 Å². The van der Waals surface area contributed by atoms with E-state index in [1.807, 2.05) is 38.1 Å². The first-order valence-electron chi connectivity index (χ1n) is 10.5. The number of nitrogens with zero attached hydrogens (tertiary/aromatic N) is 3. The van der Waals surface area contributed by atoms with Gasteiger partial charge in [0.05, 0.1) is 28.4 Å². The van der Waals surface area contributed by atoms with E-state index in [1.54, 1.807) is 24.4 Å². The third-order valence-corrected chi connectivity index (χ3v) is 5.25. The van der Waals surface area contributed by atoms with Gasteiger partial charge in [-0.2, -0.15) is 0 Å². The minimum atomic E-state index is -0.450. The average Bonchev–Trinajstić information content (AvgIpc) is 2.81. The highest BCUT2D eigenvalue weighted by atomic mass is 35.5. The van der Waals surface area contributed by atoms with Crippen molar-refractivity contribution in [1.29, 1.82) is 0 Å². The lowest BCUT2D eigenvalue weighted by atomic mass is 9.98. The summed E-state index contributed by atoms with van der Waals surface area (Å²) in [4.78, 5) is 25.0. The number of anilines is 1. The number of ether oxygens (including phenoxy) is 1. The van der Waals surface area contributed by atoms with Crippen LogP contribution >= 0.6 is 11.6 Å². The number of rotatable bonds is 7. The first-order chi connectivity index (χ1) is 15.9. The van der Waals surface area contributed by atoms with Crippen molar-refractivity contribution in [2.24, 2.45) is 5.92 Å². The highest BCUT2D eigenvalue weighted by Crippen LogP contribution is 2.37. The molecule has 0 unspecified atom stereocenters. The number of aromatic nitrogens is 3. The van der Waals surface area contributed by atoms with Gasteiger partial charge < -0.3 is 10.1 Å². The lowest BCUT2D eigenvalue weighted by molar-refractivity contribution is -0.142. The van der Waals surface area contributed by atoms with Crippen molar-refractivity contribution in [3.05, 3.63) is 71.9 Å². The third-order valence-electron chi connectivity index (χ3n) is 4.93. The molecule has 0 saturated heterocycles. The molecule has 0 aliphatic rings. The van der Waals surface area contributed by atoms with Crippen LogP contribution in [-0.2, 0) is 9.53 Å². The van der Waals surface area contributed by atoms with Crippen molar-refractivity contribution in [1.82, 2.24) is 15.0 Å². The van der Waals surface area contributed by atoms with E-state index in [1.165, 1.54) is 12.4 Å². The van der Waals surface area contributed by atoms with Crippen LogP contribution in [0.2, 0.25) is 5.02 Å². The Bertz CT molecular complexity index is 1290. The monoisotopic (exact) mass is 464 g/mol. The lowest BCUT2D eigenvalue weighted by Crippen LogP contribution is -2.19. The summed E-state index contributed by atoms with van der Waals surface area (Å²) in [6, 6.07) is 13.8. The SMILES string of the molecule is CC(C)COC(=O)CNc1ncnc2ccc(-c3cccnc3-c3c(F)cccc3Cl)cc12. The van der Waals surface area contributed by atoms with Crippen LogP contribution in [0.3, 0.4) is 0 Å². The van der Waals surface area contributed by atoms with Gasteiger partial charge in [-0.3, -0.25) is 9.78 Å². The van der Waals surface area contributed by atoms with E-state index in [4.69, 9.17) is 16.3 Å². The van der Waals surface area contributed by atoms with E-state index in [9.17, 15) is 9.18 Å². The zero-order chi connectivity index (χ0) is 23.4. The van der Waals surface area contributed by atoms with Crippen LogP contribution in [0.5, 0.6) is 0 Å². The highest BCUT2D eigenvalue weighted by molar-refractivity contribution is 6.33. The van der Waals surface area contributed by atoms with E-state index in [-0.39, 0.29) is 29.0 Å². The van der Waals surface area contributed by atoms with E-state index in [2.05, 4.69) is 20.3 Å². The molecule has 0 amide bonds. The fourth-order valence-corrected chi connectivity index (χ4v) is 3.65. The average molecular weight is 465 g/mol. The molecule has 0 aliphatic heterocycles. The van der Waals surface area contributed by atoms with Crippen LogP contribution in [0.15, 0.2) is 61.1 Å². The molecule has 0 fully saturated rings. The molecule has 2 heterocycles. The van der Waals surface area contributed by atoms with E-state index in [0.717, 1.165) is 5.56 Å². The van der Waals surface area contributed by atoms with E-state index >= 15 is 0 Å². The van der Waals surface area contributed by atoms with Crippen LogP contribution in [-0.4, -0.2) is 34.1 Å². The predicted octanol–water partition coefficient (Wildman–Crippen LogP) is 5.76. The van der Waals surface area contributed by atoms with Gasteiger partial charge in [0.1, 0.15) is 24.5 Å². The maximum absolute atomic E-state index is 14.6. The Morgan fingerprint density at radius 1 is 1.12 bits per heavy atom. The van der Waals surface area contributed by atoms with E-state index < -0.39 is 5.82 Å². The van der Waals surface area contributed by atoms with Crippen LogP contribution in [0.1, 0.15) is 13.8 Å². The standard InChI is InChI=1S/C25H22ClFN4O2/c1-15(2)13-33-22(32)12-29-25-18-11-16(8-9-21(18)30-14-31-25)17-5-4-10-28-24(17)23-19(26)6-3-7-20(23)27/h3-11,14-15H,12-13H2,1-2H3,(H,29,30,31). The summed E-state index contributed by atoms with van der Waals surface area (Å²) < 4.78 is 19.9. The second kappa shape index (κ2) is 9.92. The van der Waals surface area contributed by atoms with Gasteiger partial charge in [-0.15, -0.1) is 0 Å². The molecule has 6 nitrogen and oxygen atoms in total. The fraction of sp³-hybridized carbons (Fsp3) is 0.200. The Morgan fingerprint density at radius 2 is 1.97 bits per heavy atom. The summed E-state index contributed by atoms with van der Waals surface area (Å²) in [6.07, 6.45) is 3.03. The topological polar surface area (TPSA) is 77.0 Å². The molecule has 33 heavy (non-hydrogen) atoms. The Labute approximate surface area is 195 Å². The van der Waals surface area contributed by atoms with Crippen LogP contribution in [0.4, 0.5) is 10.2 Å². The predicted molar refractivity (Wildman–Crippen MR) is 127 cm³/mol. The van der Waals surface area contributed by atoms with Gasteiger partial charge in [0.15, 0.2) is 0 Å². The number of pyridine rings is 1. The number of esters is 1. The Hall–Kier alpha value is -3.58. The number of benzene rings is 2. The maximum atomic E-state index is 14.6. The molecule has 4 aromatic rings. The Balaban J connectivity index is 1.71. The molecule has 1 N–H and O–H groups in total. The zero-order valence-corrected chi connectivity index (χ0v) is 18.9. The molecule has 168 valence electrons. The first kappa shape index (κ1) is 22.6. The van der Waals surface area contributed by atoms with Crippen molar-refractivity contribution in [3.63, 3.8) is 0 Å². The van der Waals surface area contributed by atoms with Gasteiger partial charge in [0, 0.05) is 17.1 Å². The largest absolute Gasteiger partial charge is 0.464 e. The van der Waals surface area contributed by atoms with Crippen LogP contribution in [0, 0.1) is 11.7 Å². The molecule has 0 saturated carbocycles. The smallest absolute Gasteiger partial charge is 0.325 e. The minimum absolute atomic E-state index is 0.0218. The molecule has 2 aromatic carbocycles. The molecule has 0 bridgehead atoms. The molecule has 0 radical (unpaired) electrons. The van der Waals surface area contributed by atoms with Crippen molar-refractivity contribution >= 4 is 34.3 Å². The van der Waals surface area contributed by atoms with Gasteiger partial charge in [0.25, 0.3) is 0 Å². The molecule has 2 aromatic heterocycles. The number of nitrogens with one attached hydrogen (secondary N) is 1. The van der Waals surface area contributed by atoms with Crippen LogP contribution in [0.25, 0.3) is 33.3 Å². The summed E-state index contributed by atoms with van der Waals surface area (Å²) in [6.45, 7) is 4.28. The Kier molecular flexibility index (Phi) is 6.79. The zero-order valence-electron chi connectivity index (χ0n) is 18.2. The number of hydrogen-bond acceptors (Lipinski definition) is 6. The van der Waals surface area contributed by atoms with Crippen molar-refractivity contribution in [2.75, 3.05) is 18.5 Å². The number of carbonyl (C=O) groups is 1. The lowest BCUT2D eigenvalue weighted by Gasteiger charge is -2.13. The minimum Gasteiger partial charge on any atom is -0.464 e. The number of hydrogen-bond donors (Lipinski definition) is 1. The molecule has 0 atom stereocenters. The van der Waals surface area contributed by atoms with Gasteiger partial charge in [-0.05, 0) is 41.8 Å². The molecule has 0 spiro atoms. The summed E-state index contributed by atoms with van der Waals surface area (Å²) in [5.74, 6) is -0.0603. The van der Waals surface area contributed by atoms with Gasteiger partial charge in [0.2, 0.25) is 0 Å². The van der Waals surface area contributed by atoms with Crippen molar-refractivity contribution < 1.29 is 13.9 Å². The molecule has 4 rings (SSSR count). The summed E-state index contributed by atoms with van der Waals surface area (Å²) in [5.41, 5.74) is 2.86. The second-order valence-electron chi connectivity index (χ2n) is 7.88. The summed E-state index contributed by atoms with van der Waals surface area (Å²) >= 11 is 6.31. The van der Waals surface area contributed by atoms with E-state index in [0.29, 0.717) is 34.6 Å². The maximum Gasteiger partial charge on any atom is 0.325 e. The number of fused-ring (bicyclic) bond motifs is 1. The quantitative estimate of drug-likeness (QED) is 0.350.